The third kappa shape index (κ3) is 5.44. The minimum absolute atomic E-state index is 0.0494. The zero-order valence-corrected chi connectivity index (χ0v) is 24.1. The summed E-state index contributed by atoms with van der Waals surface area (Å²) in [6.45, 7) is 7.65. The van der Waals surface area contributed by atoms with Crippen molar-refractivity contribution in [2.45, 2.75) is 39.2 Å². The fourth-order valence-corrected chi connectivity index (χ4v) is 5.97. The molecule has 1 aliphatic rings. The molecule has 38 heavy (non-hydrogen) atoms. The molecule has 0 aliphatic carbocycles. The van der Waals surface area contributed by atoms with E-state index in [1.54, 1.807) is 10.9 Å². The van der Waals surface area contributed by atoms with Crippen LogP contribution in [0.3, 0.4) is 0 Å². The van der Waals surface area contributed by atoms with E-state index in [9.17, 15) is 9.59 Å². The molecule has 5 rings (SSSR count). The van der Waals surface area contributed by atoms with Gasteiger partial charge in [-0.1, -0.05) is 72.2 Å². The predicted octanol–water partition coefficient (Wildman–Crippen LogP) is 5.80. The number of halogens is 1. The van der Waals surface area contributed by atoms with Crippen LogP contribution in [0.2, 0.25) is 0 Å². The molecular formula is C29H30BrN5O2S. The Morgan fingerprint density at radius 3 is 2.50 bits per heavy atom. The number of thiazole rings is 1. The van der Waals surface area contributed by atoms with Gasteiger partial charge in [0.2, 0.25) is 11.0 Å². The maximum absolute atomic E-state index is 13.7. The van der Waals surface area contributed by atoms with Crippen molar-refractivity contribution in [3.63, 3.8) is 0 Å². The average Bonchev–Trinajstić information content (AvgIpc) is 3.57. The van der Waals surface area contributed by atoms with E-state index >= 15 is 0 Å². The summed E-state index contributed by atoms with van der Waals surface area (Å²) in [5.74, 6) is 0.117. The third-order valence-electron chi connectivity index (χ3n) is 6.83. The number of piperazine rings is 1. The zero-order chi connectivity index (χ0) is 26.8. The molecular weight excluding hydrogens is 562 g/mol. The Morgan fingerprint density at radius 2 is 1.82 bits per heavy atom. The topological polar surface area (TPSA) is 71.3 Å². The molecule has 0 spiro atoms. The monoisotopic (exact) mass is 591 g/mol. The fraction of sp³-hybridized carbons (Fsp3) is 0.310. The minimum atomic E-state index is -0.0612. The second-order valence-corrected chi connectivity index (χ2v) is 11.6. The van der Waals surface area contributed by atoms with Crippen LogP contribution < -0.4 is 0 Å². The van der Waals surface area contributed by atoms with Crippen molar-refractivity contribution in [1.29, 1.82) is 0 Å². The van der Waals surface area contributed by atoms with Gasteiger partial charge in [-0.2, -0.15) is 5.10 Å². The highest BCUT2D eigenvalue weighted by molar-refractivity contribution is 9.10. The summed E-state index contributed by atoms with van der Waals surface area (Å²) in [7, 11) is 0. The first-order chi connectivity index (χ1) is 18.3. The molecule has 1 atom stereocenters. The summed E-state index contributed by atoms with van der Waals surface area (Å²) in [6, 6.07) is 17.8. The van der Waals surface area contributed by atoms with Crippen molar-refractivity contribution in [2.24, 2.45) is 0 Å². The highest BCUT2D eigenvalue weighted by Gasteiger charge is 2.32. The van der Waals surface area contributed by atoms with Gasteiger partial charge in [-0.25, -0.2) is 9.67 Å². The van der Waals surface area contributed by atoms with Crippen LogP contribution in [0.15, 0.2) is 70.6 Å². The highest BCUT2D eigenvalue weighted by atomic mass is 79.9. The van der Waals surface area contributed by atoms with Crippen molar-refractivity contribution in [2.75, 3.05) is 19.6 Å². The van der Waals surface area contributed by atoms with Gasteiger partial charge in [0.15, 0.2) is 0 Å². The van der Waals surface area contributed by atoms with Crippen LogP contribution in [-0.2, 0) is 11.2 Å². The van der Waals surface area contributed by atoms with Crippen LogP contribution >= 0.6 is 27.3 Å². The van der Waals surface area contributed by atoms with Crippen molar-refractivity contribution in [1.82, 2.24) is 24.6 Å². The molecule has 1 unspecified atom stereocenters. The Morgan fingerprint density at radius 1 is 1.08 bits per heavy atom. The number of hydrogen-bond donors (Lipinski definition) is 0. The molecule has 0 saturated carbocycles. The summed E-state index contributed by atoms with van der Waals surface area (Å²) in [4.78, 5) is 35.2. The number of hydrogen-bond acceptors (Lipinski definition) is 5. The van der Waals surface area contributed by atoms with Gasteiger partial charge < -0.3 is 9.80 Å². The Bertz CT molecular complexity index is 1430. The summed E-state index contributed by atoms with van der Waals surface area (Å²) in [5, 5.41) is 7.34. The van der Waals surface area contributed by atoms with E-state index in [4.69, 9.17) is 4.98 Å². The van der Waals surface area contributed by atoms with Crippen LogP contribution in [0, 0.1) is 0 Å². The molecule has 196 valence electrons. The van der Waals surface area contributed by atoms with Crippen LogP contribution in [0.4, 0.5) is 0 Å². The summed E-state index contributed by atoms with van der Waals surface area (Å²) < 4.78 is 2.82. The molecule has 0 bridgehead atoms. The molecule has 2 aromatic heterocycles. The first-order valence-electron chi connectivity index (χ1n) is 12.7. The number of carbonyl (C=O) groups is 2. The number of amides is 2. The van der Waals surface area contributed by atoms with E-state index in [0.29, 0.717) is 31.6 Å². The Hall–Kier alpha value is -3.30. The van der Waals surface area contributed by atoms with E-state index in [1.807, 2.05) is 76.7 Å². The number of nitrogens with zero attached hydrogens (tertiary/aromatic N) is 5. The standard InChI is InChI=1S/C29H30BrN5O2S/c1-19(2)27-24(16-31-35(27)29-32-25(18-38-29)22-9-11-23(30)12-10-22)28(37)33-13-14-34(20(3)17-33)26(36)15-21-7-5-4-6-8-21/h4-12,16,18-20H,13-15,17H2,1-3H3. The Kier molecular flexibility index (Phi) is 7.76. The highest BCUT2D eigenvalue weighted by Crippen LogP contribution is 2.30. The molecule has 0 radical (unpaired) electrons. The van der Waals surface area contributed by atoms with Crippen LogP contribution in [0.1, 0.15) is 48.3 Å². The molecule has 2 amide bonds. The van der Waals surface area contributed by atoms with Crippen LogP contribution in [-0.4, -0.2) is 62.1 Å². The van der Waals surface area contributed by atoms with Crippen molar-refractivity contribution in [3.8, 4) is 16.4 Å². The molecule has 7 nitrogen and oxygen atoms in total. The van der Waals surface area contributed by atoms with Gasteiger partial charge in [-0.05, 0) is 30.5 Å². The lowest BCUT2D eigenvalue weighted by Gasteiger charge is -2.40. The van der Waals surface area contributed by atoms with E-state index < -0.39 is 0 Å². The van der Waals surface area contributed by atoms with Gasteiger partial charge in [0.25, 0.3) is 5.91 Å². The SMILES string of the molecule is CC(C)c1c(C(=O)N2CCN(C(=O)Cc3ccccc3)C(C)C2)cnn1-c1nc(-c2ccc(Br)cc2)cs1. The zero-order valence-electron chi connectivity index (χ0n) is 21.7. The fourth-order valence-electron chi connectivity index (χ4n) is 4.90. The molecule has 0 N–H and O–H groups in total. The number of carbonyl (C=O) groups excluding carboxylic acids is 2. The normalized spacial score (nSPS) is 15.8. The van der Waals surface area contributed by atoms with Crippen molar-refractivity contribution >= 4 is 39.1 Å². The predicted molar refractivity (Wildman–Crippen MR) is 154 cm³/mol. The number of rotatable bonds is 6. The van der Waals surface area contributed by atoms with Gasteiger partial charge in [0.05, 0.1) is 29.6 Å². The molecule has 9 heteroatoms. The first kappa shape index (κ1) is 26.3. The van der Waals surface area contributed by atoms with Crippen LogP contribution in [0.5, 0.6) is 0 Å². The molecule has 1 fully saturated rings. The van der Waals surface area contributed by atoms with Gasteiger partial charge in [0, 0.05) is 41.1 Å². The van der Waals surface area contributed by atoms with Gasteiger partial charge in [-0.3, -0.25) is 9.59 Å². The van der Waals surface area contributed by atoms with Crippen molar-refractivity contribution < 1.29 is 9.59 Å². The van der Waals surface area contributed by atoms with E-state index in [2.05, 4.69) is 34.9 Å². The second-order valence-electron chi connectivity index (χ2n) is 9.88. The largest absolute Gasteiger partial charge is 0.336 e. The Labute approximate surface area is 235 Å². The average molecular weight is 593 g/mol. The molecule has 1 aliphatic heterocycles. The molecule has 2 aromatic carbocycles. The van der Waals surface area contributed by atoms with Gasteiger partial charge >= 0.3 is 0 Å². The van der Waals surface area contributed by atoms with Gasteiger partial charge in [-0.15, -0.1) is 11.3 Å². The van der Waals surface area contributed by atoms with E-state index in [0.717, 1.165) is 32.1 Å². The van der Waals surface area contributed by atoms with Crippen LogP contribution in [0.25, 0.3) is 16.4 Å². The summed E-state index contributed by atoms with van der Waals surface area (Å²) in [6.07, 6.45) is 2.04. The lowest BCUT2D eigenvalue weighted by atomic mass is 10.0. The van der Waals surface area contributed by atoms with E-state index in [1.165, 1.54) is 11.3 Å². The Balaban J connectivity index is 1.32. The lowest BCUT2D eigenvalue weighted by Crippen LogP contribution is -2.55. The first-order valence-corrected chi connectivity index (χ1v) is 14.4. The van der Waals surface area contributed by atoms with E-state index in [-0.39, 0.29) is 23.8 Å². The third-order valence-corrected chi connectivity index (χ3v) is 8.18. The molecule has 3 heterocycles. The van der Waals surface area contributed by atoms with Gasteiger partial charge in [0.1, 0.15) is 0 Å². The quantitative estimate of drug-likeness (QED) is 0.284. The summed E-state index contributed by atoms with van der Waals surface area (Å²) >= 11 is 4.98. The molecule has 4 aromatic rings. The summed E-state index contributed by atoms with van der Waals surface area (Å²) in [5.41, 5.74) is 4.35. The van der Waals surface area contributed by atoms with Crippen molar-refractivity contribution in [3.05, 3.63) is 87.5 Å². The second kappa shape index (κ2) is 11.2. The molecule has 1 saturated heterocycles. The minimum Gasteiger partial charge on any atom is -0.336 e. The maximum atomic E-state index is 13.7. The number of benzene rings is 2. The number of aromatic nitrogens is 3. The lowest BCUT2D eigenvalue weighted by molar-refractivity contribution is -0.134. The maximum Gasteiger partial charge on any atom is 0.257 e. The smallest absolute Gasteiger partial charge is 0.257 e.